The van der Waals surface area contributed by atoms with E-state index in [1.54, 1.807) is 4.90 Å². The van der Waals surface area contributed by atoms with Crippen LogP contribution in [-0.2, 0) is 4.79 Å². The van der Waals surface area contributed by atoms with Crippen molar-refractivity contribution in [2.45, 2.75) is 77.3 Å². The Kier molecular flexibility index (Phi) is 6.52. The highest BCUT2D eigenvalue weighted by Gasteiger charge is 2.34. The fourth-order valence-electron chi connectivity index (χ4n) is 3.39. The van der Waals surface area contributed by atoms with Crippen molar-refractivity contribution in [1.29, 1.82) is 0 Å². The van der Waals surface area contributed by atoms with Crippen LogP contribution in [0.4, 0.5) is 4.79 Å². The molecule has 1 aliphatic heterocycles. The second kappa shape index (κ2) is 8.39. The molecule has 5 nitrogen and oxygen atoms in total. The molecule has 0 aromatic rings. The molecule has 3 amide bonds. The summed E-state index contributed by atoms with van der Waals surface area (Å²) in [5.74, 6) is 0.589. The Labute approximate surface area is 134 Å². The lowest BCUT2D eigenvalue weighted by Gasteiger charge is -2.29. The summed E-state index contributed by atoms with van der Waals surface area (Å²) in [5.41, 5.74) is 0. The second-order valence-electron chi connectivity index (χ2n) is 7.11. The number of hydrogen-bond donors (Lipinski definition) is 2. The van der Waals surface area contributed by atoms with Gasteiger partial charge in [0.2, 0.25) is 5.91 Å². The van der Waals surface area contributed by atoms with Crippen molar-refractivity contribution in [3.8, 4) is 0 Å². The van der Waals surface area contributed by atoms with E-state index in [1.165, 1.54) is 19.3 Å². The van der Waals surface area contributed by atoms with Gasteiger partial charge in [-0.3, -0.25) is 4.79 Å². The van der Waals surface area contributed by atoms with E-state index < -0.39 is 0 Å². The molecule has 5 heteroatoms. The van der Waals surface area contributed by atoms with E-state index in [2.05, 4.69) is 24.5 Å². The number of rotatable bonds is 5. The van der Waals surface area contributed by atoms with Gasteiger partial charge in [0.1, 0.15) is 6.04 Å². The largest absolute Gasteiger partial charge is 0.354 e. The first-order valence-electron chi connectivity index (χ1n) is 8.92. The van der Waals surface area contributed by atoms with Crippen molar-refractivity contribution in [2.24, 2.45) is 5.92 Å². The summed E-state index contributed by atoms with van der Waals surface area (Å²) in [6.07, 6.45) is 8.50. The number of carbonyl (C=O) groups excluding carboxylic acids is 2. The molecule has 1 atom stereocenters. The van der Waals surface area contributed by atoms with E-state index in [9.17, 15) is 9.59 Å². The van der Waals surface area contributed by atoms with Crippen LogP contribution in [0.1, 0.15) is 65.2 Å². The Morgan fingerprint density at radius 1 is 1.09 bits per heavy atom. The molecule has 126 valence electrons. The smallest absolute Gasteiger partial charge is 0.318 e. The van der Waals surface area contributed by atoms with E-state index in [4.69, 9.17) is 0 Å². The quantitative estimate of drug-likeness (QED) is 0.820. The minimum absolute atomic E-state index is 0.0111. The van der Waals surface area contributed by atoms with Crippen LogP contribution >= 0.6 is 0 Å². The SMILES string of the molecule is CC(C)CCNC(=O)[C@@H]1CCCN1C(=O)NC1CCCCC1. The van der Waals surface area contributed by atoms with Crippen LogP contribution < -0.4 is 10.6 Å². The highest BCUT2D eigenvalue weighted by atomic mass is 16.2. The first kappa shape index (κ1) is 17.1. The van der Waals surface area contributed by atoms with Gasteiger partial charge in [0, 0.05) is 19.1 Å². The molecule has 0 aromatic carbocycles. The lowest BCUT2D eigenvalue weighted by molar-refractivity contribution is -0.124. The van der Waals surface area contributed by atoms with Crippen molar-refractivity contribution < 1.29 is 9.59 Å². The molecule has 2 fully saturated rings. The van der Waals surface area contributed by atoms with Crippen LogP contribution in [0, 0.1) is 5.92 Å². The van der Waals surface area contributed by atoms with E-state index >= 15 is 0 Å². The molecular formula is C17H31N3O2. The number of nitrogens with one attached hydrogen (secondary N) is 2. The molecular weight excluding hydrogens is 278 g/mol. The van der Waals surface area contributed by atoms with Gasteiger partial charge in [0.15, 0.2) is 0 Å². The number of urea groups is 1. The number of amides is 3. The zero-order valence-electron chi connectivity index (χ0n) is 14.1. The maximum absolute atomic E-state index is 12.4. The highest BCUT2D eigenvalue weighted by Crippen LogP contribution is 2.20. The van der Waals surface area contributed by atoms with E-state index in [-0.39, 0.29) is 18.0 Å². The van der Waals surface area contributed by atoms with Crippen molar-refractivity contribution in [3.05, 3.63) is 0 Å². The summed E-state index contributed by atoms with van der Waals surface area (Å²) < 4.78 is 0. The molecule has 2 aliphatic rings. The molecule has 22 heavy (non-hydrogen) atoms. The maximum Gasteiger partial charge on any atom is 0.318 e. The van der Waals surface area contributed by atoms with Crippen molar-refractivity contribution in [3.63, 3.8) is 0 Å². The Morgan fingerprint density at radius 3 is 2.50 bits per heavy atom. The molecule has 0 radical (unpaired) electrons. The molecule has 1 aliphatic carbocycles. The van der Waals surface area contributed by atoms with Gasteiger partial charge in [-0.15, -0.1) is 0 Å². The third-order valence-corrected chi connectivity index (χ3v) is 4.77. The summed E-state index contributed by atoms with van der Waals surface area (Å²) in [5, 5.41) is 6.11. The molecule has 2 rings (SSSR count). The van der Waals surface area contributed by atoms with Gasteiger partial charge in [-0.25, -0.2) is 4.79 Å². The van der Waals surface area contributed by atoms with Crippen molar-refractivity contribution >= 4 is 11.9 Å². The first-order valence-corrected chi connectivity index (χ1v) is 8.92. The first-order chi connectivity index (χ1) is 10.6. The Bertz CT molecular complexity index is 378. The number of nitrogens with zero attached hydrogens (tertiary/aromatic N) is 1. The predicted octanol–water partition coefficient (Wildman–Crippen LogP) is 2.66. The van der Waals surface area contributed by atoms with Crippen molar-refractivity contribution in [1.82, 2.24) is 15.5 Å². The summed E-state index contributed by atoms with van der Waals surface area (Å²) in [7, 11) is 0. The van der Waals surface area contributed by atoms with Crippen LogP contribution in [0.5, 0.6) is 0 Å². The number of hydrogen-bond acceptors (Lipinski definition) is 2. The lowest BCUT2D eigenvalue weighted by atomic mass is 9.96. The standard InChI is InChI=1S/C17H31N3O2/c1-13(2)10-11-18-16(21)15-9-6-12-20(15)17(22)19-14-7-4-3-5-8-14/h13-15H,3-12H2,1-2H3,(H,18,21)(H,19,22)/t15-/m0/s1. The third-order valence-electron chi connectivity index (χ3n) is 4.77. The zero-order valence-corrected chi connectivity index (χ0v) is 14.1. The van der Waals surface area contributed by atoms with Crippen LogP contribution in [0.2, 0.25) is 0 Å². The van der Waals surface area contributed by atoms with E-state index in [0.29, 0.717) is 25.0 Å². The molecule has 1 saturated carbocycles. The Morgan fingerprint density at radius 2 is 1.82 bits per heavy atom. The monoisotopic (exact) mass is 309 g/mol. The number of likely N-dealkylation sites (tertiary alicyclic amines) is 1. The Hall–Kier alpha value is -1.26. The highest BCUT2D eigenvalue weighted by molar-refractivity contribution is 5.87. The fourth-order valence-corrected chi connectivity index (χ4v) is 3.39. The summed E-state index contributed by atoms with van der Waals surface area (Å²) in [6, 6.07) is -0.0318. The van der Waals surface area contributed by atoms with Crippen LogP contribution in [0.15, 0.2) is 0 Å². The normalized spacial score (nSPS) is 22.9. The van der Waals surface area contributed by atoms with Gasteiger partial charge in [-0.05, 0) is 38.0 Å². The van der Waals surface area contributed by atoms with E-state index in [0.717, 1.165) is 32.1 Å². The predicted molar refractivity (Wildman–Crippen MR) is 87.6 cm³/mol. The molecule has 0 bridgehead atoms. The third kappa shape index (κ3) is 4.89. The lowest BCUT2D eigenvalue weighted by Crippen LogP contribution is -2.52. The van der Waals surface area contributed by atoms with Gasteiger partial charge >= 0.3 is 6.03 Å². The van der Waals surface area contributed by atoms with Crippen LogP contribution in [0.3, 0.4) is 0 Å². The van der Waals surface area contributed by atoms with Gasteiger partial charge in [-0.1, -0.05) is 33.1 Å². The molecule has 1 saturated heterocycles. The van der Waals surface area contributed by atoms with Gasteiger partial charge < -0.3 is 15.5 Å². The van der Waals surface area contributed by atoms with Crippen molar-refractivity contribution in [2.75, 3.05) is 13.1 Å². The zero-order chi connectivity index (χ0) is 15.9. The average Bonchev–Trinajstić information content (AvgIpc) is 2.97. The number of carbonyl (C=O) groups is 2. The van der Waals surface area contributed by atoms with Crippen LogP contribution in [-0.4, -0.2) is 42.0 Å². The summed E-state index contributed by atoms with van der Waals surface area (Å²) in [6.45, 7) is 5.68. The topological polar surface area (TPSA) is 61.4 Å². The summed E-state index contributed by atoms with van der Waals surface area (Å²) >= 11 is 0. The van der Waals surface area contributed by atoms with Gasteiger partial charge in [0.25, 0.3) is 0 Å². The fraction of sp³-hybridized carbons (Fsp3) is 0.882. The Balaban J connectivity index is 1.80. The van der Waals surface area contributed by atoms with Crippen LogP contribution in [0.25, 0.3) is 0 Å². The molecule has 1 heterocycles. The van der Waals surface area contributed by atoms with Gasteiger partial charge in [-0.2, -0.15) is 0 Å². The maximum atomic E-state index is 12.4. The molecule has 0 aromatic heterocycles. The summed E-state index contributed by atoms with van der Waals surface area (Å²) in [4.78, 5) is 26.5. The minimum atomic E-state index is -0.282. The molecule has 0 spiro atoms. The van der Waals surface area contributed by atoms with E-state index in [1.807, 2.05) is 0 Å². The average molecular weight is 309 g/mol. The molecule has 0 unspecified atom stereocenters. The molecule has 2 N–H and O–H groups in total. The second-order valence-corrected chi connectivity index (χ2v) is 7.11. The van der Waals surface area contributed by atoms with Gasteiger partial charge in [0.05, 0.1) is 0 Å². The minimum Gasteiger partial charge on any atom is -0.354 e.